The van der Waals surface area contributed by atoms with Gasteiger partial charge < -0.3 is 9.84 Å². The molecule has 0 saturated carbocycles. The van der Waals surface area contributed by atoms with E-state index in [9.17, 15) is 4.79 Å². The van der Waals surface area contributed by atoms with Gasteiger partial charge >= 0.3 is 5.97 Å². The van der Waals surface area contributed by atoms with Crippen LogP contribution in [-0.4, -0.2) is 35.3 Å². The topological polar surface area (TPSA) is 64.4 Å². The van der Waals surface area contributed by atoms with Gasteiger partial charge in [0.15, 0.2) is 5.69 Å². The highest BCUT2D eigenvalue weighted by Gasteiger charge is 2.16. The Balaban J connectivity index is 2.50. The van der Waals surface area contributed by atoms with Gasteiger partial charge in [-0.3, -0.25) is 4.57 Å². The van der Waals surface area contributed by atoms with Crippen molar-refractivity contribution in [3.63, 3.8) is 0 Å². The van der Waals surface area contributed by atoms with E-state index in [0.29, 0.717) is 11.2 Å². The average Bonchev–Trinajstić information content (AvgIpc) is 2.53. The Bertz CT molecular complexity index is 401. The van der Waals surface area contributed by atoms with Gasteiger partial charge in [-0.15, -0.1) is 0 Å². The van der Waals surface area contributed by atoms with Gasteiger partial charge in [0.1, 0.15) is 11.3 Å². The van der Waals surface area contributed by atoms with Crippen molar-refractivity contribution in [2.75, 3.05) is 6.61 Å². The first kappa shape index (κ1) is 14.4. The Hall–Kier alpha value is -0.663. The number of aromatic nitrogens is 2. The lowest BCUT2D eigenvalue weighted by Crippen LogP contribution is -2.22. The van der Waals surface area contributed by atoms with Gasteiger partial charge in [0.05, 0.1) is 6.33 Å². The quantitative estimate of drug-likeness (QED) is 0.646. The summed E-state index contributed by atoms with van der Waals surface area (Å²) >= 11 is 3.10. The van der Waals surface area contributed by atoms with E-state index in [4.69, 9.17) is 9.84 Å². The molecular weight excluding hydrogens is 304 g/mol. The Morgan fingerprint density at radius 2 is 2.24 bits per heavy atom. The molecule has 1 N–H and O–H groups in total. The van der Waals surface area contributed by atoms with Gasteiger partial charge in [0, 0.05) is 14.7 Å². The smallest absolute Gasteiger partial charge is 0.355 e. The lowest BCUT2D eigenvalue weighted by Gasteiger charge is -2.15. The van der Waals surface area contributed by atoms with Crippen LogP contribution in [0.3, 0.4) is 0 Å². The van der Waals surface area contributed by atoms with Gasteiger partial charge in [-0.05, 0) is 22.0 Å². The summed E-state index contributed by atoms with van der Waals surface area (Å²) in [4.78, 5) is 14.8. The van der Waals surface area contributed by atoms with E-state index in [2.05, 4.69) is 40.6 Å². The molecule has 7 heteroatoms. The lowest BCUT2D eigenvalue weighted by molar-refractivity contribution is 0.0621. The zero-order valence-electron chi connectivity index (χ0n) is 10.2. The van der Waals surface area contributed by atoms with Crippen molar-refractivity contribution in [3.05, 3.63) is 16.6 Å². The minimum atomic E-state index is -1.10. The third kappa shape index (κ3) is 4.61. The van der Waals surface area contributed by atoms with E-state index in [-0.39, 0.29) is 12.4 Å². The van der Waals surface area contributed by atoms with E-state index < -0.39 is 14.0 Å². The van der Waals surface area contributed by atoms with E-state index in [1.165, 1.54) is 10.9 Å². The van der Waals surface area contributed by atoms with E-state index in [0.717, 1.165) is 6.04 Å². The molecule has 96 valence electrons. The first-order chi connectivity index (χ1) is 7.81. The molecule has 0 saturated heterocycles. The summed E-state index contributed by atoms with van der Waals surface area (Å²) in [5.74, 6) is -1.01. The Morgan fingerprint density at radius 1 is 1.59 bits per heavy atom. The largest absolute Gasteiger partial charge is 0.476 e. The number of nitrogens with zero attached hydrogens (tertiary/aromatic N) is 2. The van der Waals surface area contributed by atoms with Gasteiger partial charge in [0.2, 0.25) is 0 Å². The molecule has 0 aliphatic rings. The van der Waals surface area contributed by atoms with Crippen LogP contribution in [0.1, 0.15) is 10.5 Å². The predicted octanol–water partition coefficient (Wildman–Crippen LogP) is 2.66. The van der Waals surface area contributed by atoms with Crippen LogP contribution in [0.4, 0.5) is 0 Å². The van der Waals surface area contributed by atoms with Crippen molar-refractivity contribution < 1.29 is 14.6 Å². The first-order valence-electron chi connectivity index (χ1n) is 5.33. The van der Waals surface area contributed by atoms with E-state index >= 15 is 0 Å². The molecule has 0 fully saturated rings. The SMILES string of the molecule is C[Si](C)(C)CCOCn1cnc(Br)c1C(=O)O. The fourth-order valence-electron chi connectivity index (χ4n) is 1.21. The minimum absolute atomic E-state index is 0.123. The monoisotopic (exact) mass is 320 g/mol. The third-order valence-corrected chi connectivity index (χ3v) is 4.51. The average molecular weight is 321 g/mol. The molecule has 0 radical (unpaired) electrons. The number of ether oxygens (including phenoxy) is 1. The van der Waals surface area contributed by atoms with Crippen LogP contribution < -0.4 is 0 Å². The van der Waals surface area contributed by atoms with Crippen molar-refractivity contribution in [3.8, 4) is 0 Å². The van der Waals surface area contributed by atoms with E-state index in [1.807, 2.05) is 0 Å². The lowest BCUT2D eigenvalue weighted by atomic mass is 10.5. The van der Waals surface area contributed by atoms with Crippen molar-refractivity contribution >= 4 is 30.0 Å². The Morgan fingerprint density at radius 3 is 2.76 bits per heavy atom. The zero-order chi connectivity index (χ0) is 13.1. The summed E-state index contributed by atoms with van der Waals surface area (Å²) in [6.07, 6.45) is 1.46. The maximum atomic E-state index is 11.0. The summed E-state index contributed by atoms with van der Waals surface area (Å²) in [5, 5.41) is 8.98. The van der Waals surface area contributed by atoms with E-state index in [1.54, 1.807) is 0 Å². The molecule has 17 heavy (non-hydrogen) atoms. The first-order valence-corrected chi connectivity index (χ1v) is 9.83. The van der Waals surface area contributed by atoms with Crippen LogP contribution >= 0.6 is 15.9 Å². The second-order valence-corrected chi connectivity index (χ2v) is 11.4. The van der Waals surface area contributed by atoms with Crippen molar-refractivity contribution in [2.45, 2.75) is 32.4 Å². The number of carbonyl (C=O) groups is 1. The molecule has 0 spiro atoms. The van der Waals surface area contributed by atoms with Crippen LogP contribution in [0.25, 0.3) is 0 Å². The van der Waals surface area contributed by atoms with Crippen LogP contribution in [0, 0.1) is 0 Å². The molecule has 0 bridgehead atoms. The highest BCUT2D eigenvalue weighted by molar-refractivity contribution is 9.10. The number of carboxylic acids is 1. The number of rotatable bonds is 6. The maximum absolute atomic E-state index is 11.0. The molecule has 0 aliphatic carbocycles. The van der Waals surface area contributed by atoms with Gasteiger partial charge in [0.25, 0.3) is 0 Å². The van der Waals surface area contributed by atoms with Gasteiger partial charge in [-0.25, -0.2) is 9.78 Å². The molecular formula is C10H17BrN2O3Si. The molecule has 1 heterocycles. The molecule has 5 nitrogen and oxygen atoms in total. The minimum Gasteiger partial charge on any atom is -0.476 e. The van der Waals surface area contributed by atoms with Crippen LogP contribution in [0.15, 0.2) is 10.9 Å². The van der Waals surface area contributed by atoms with Crippen molar-refractivity contribution in [1.29, 1.82) is 0 Å². The number of hydrogen-bond acceptors (Lipinski definition) is 3. The molecule has 0 aliphatic heterocycles. The number of aromatic carboxylic acids is 1. The fraction of sp³-hybridized carbons (Fsp3) is 0.600. The summed E-state index contributed by atoms with van der Waals surface area (Å²) in [6.45, 7) is 7.70. The highest BCUT2D eigenvalue weighted by Crippen LogP contribution is 2.15. The number of carboxylic acid groups (broad SMARTS) is 1. The van der Waals surface area contributed by atoms with Crippen molar-refractivity contribution in [2.24, 2.45) is 0 Å². The summed E-state index contributed by atoms with van der Waals surface area (Å²) in [7, 11) is -1.10. The molecule has 0 amide bonds. The molecule has 0 aromatic carbocycles. The fourth-order valence-corrected chi connectivity index (χ4v) is 2.45. The summed E-state index contributed by atoms with van der Waals surface area (Å²) in [5.41, 5.74) is 0.123. The second-order valence-electron chi connectivity index (χ2n) is 5.01. The third-order valence-electron chi connectivity index (χ3n) is 2.22. The molecule has 1 rings (SSSR count). The van der Waals surface area contributed by atoms with Gasteiger partial charge in [-0.2, -0.15) is 0 Å². The van der Waals surface area contributed by atoms with Crippen molar-refractivity contribution in [1.82, 2.24) is 9.55 Å². The zero-order valence-corrected chi connectivity index (χ0v) is 12.8. The maximum Gasteiger partial charge on any atom is 0.355 e. The van der Waals surface area contributed by atoms with Gasteiger partial charge in [-0.1, -0.05) is 19.6 Å². The molecule has 1 aromatic heterocycles. The van der Waals surface area contributed by atoms with Crippen LogP contribution in [0.5, 0.6) is 0 Å². The van der Waals surface area contributed by atoms with Crippen LogP contribution in [0.2, 0.25) is 25.7 Å². The summed E-state index contributed by atoms with van der Waals surface area (Å²) < 4.78 is 7.29. The second kappa shape index (κ2) is 5.79. The van der Waals surface area contributed by atoms with Crippen LogP contribution in [-0.2, 0) is 11.5 Å². The standard InChI is InChI=1S/C10H17BrN2O3Si/c1-17(2,3)5-4-16-7-13-6-12-9(11)8(13)10(14)15/h6H,4-5,7H2,1-3H3,(H,14,15). The normalized spacial score (nSPS) is 11.8. The number of hydrogen-bond donors (Lipinski definition) is 1. The molecule has 0 atom stereocenters. The molecule has 0 unspecified atom stereocenters. The highest BCUT2D eigenvalue weighted by atomic mass is 79.9. The molecule has 1 aromatic rings. The Kier molecular flexibility index (Phi) is 4.90. The predicted molar refractivity (Wildman–Crippen MR) is 71.0 cm³/mol. The number of imidazole rings is 1. The Labute approximate surface area is 110 Å². The number of halogens is 1. The summed E-state index contributed by atoms with van der Waals surface area (Å²) in [6, 6.07) is 1.06.